The van der Waals surface area contributed by atoms with Crippen molar-refractivity contribution in [3.05, 3.63) is 23.8 Å². The highest BCUT2D eigenvalue weighted by Gasteiger charge is 2.48. The van der Waals surface area contributed by atoms with E-state index in [1.54, 1.807) is 18.2 Å². The lowest BCUT2D eigenvalue weighted by atomic mass is 10.1. The number of hydrogen-bond donors (Lipinski definition) is 1. The lowest BCUT2D eigenvalue weighted by molar-refractivity contribution is -0.136. The Hall–Kier alpha value is 0.520. The number of ether oxygens (including phenoxy) is 2. The predicted molar refractivity (Wildman–Crippen MR) is 79.7 cm³/mol. The first-order chi connectivity index (χ1) is 8.59. The van der Waals surface area contributed by atoms with Gasteiger partial charge in [-0.05, 0) is 18.2 Å². The van der Waals surface area contributed by atoms with Gasteiger partial charge in [-0.2, -0.15) is 0 Å². The highest BCUT2D eigenvalue weighted by atomic mass is 35.6. The summed E-state index contributed by atoms with van der Waals surface area (Å²) < 4.78 is 7.26. The maximum Gasteiger partial charge on any atom is 0.252 e. The van der Waals surface area contributed by atoms with Gasteiger partial charge in [0.1, 0.15) is 11.9 Å². The van der Waals surface area contributed by atoms with Crippen LogP contribution in [0.4, 0.5) is 5.69 Å². The second kappa shape index (κ2) is 5.38. The molecule has 0 radical (unpaired) electrons. The number of hydrogen-bond acceptors (Lipinski definition) is 3. The van der Waals surface area contributed by atoms with E-state index in [1.807, 2.05) is 0 Å². The van der Waals surface area contributed by atoms with Crippen LogP contribution >= 0.6 is 69.6 Å². The van der Waals surface area contributed by atoms with Crippen LogP contribution in [0.1, 0.15) is 11.7 Å². The summed E-state index contributed by atoms with van der Waals surface area (Å²) in [6.07, 6.45) is -2.17. The van der Waals surface area contributed by atoms with Gasteiger partial charge in [-0.15, -0.1) is 0 Å². The van der Waals surface area contributed by atoms with Gasteiger partial charge >= 0.3 is 0 Å². The number of fused-ring (bicyclic) bond motifs is 1. The number of halogens is 6. The van der Waals surface area contributed by atoms with Crippen LogP contribution < -0.4 is 10.5 Å². The van der Waals surface area contributed by atoms with Gasteiger partial charge in [-0.25, -0.2) is 0 Å². The normalized spacial score (nSPS) is 23.7. The summed E-state index contributed by atoms with van der Waals surface area (Å²) in [6.45, 7) is 0. The zero-order chi connectivity index (χ0) is 14.4. The van der Waals surface area contributed by atoms with Crippen molar-refractivity contribution in [3.8, 4) is 5.75 Å². The van der Waals surface area contributed by atoms with Crippen molar-refractivity contribution >= 4 is 75.3 Å². The van der Waals surface area contributed by atoms with E-state index in [1.165, 1.54) is 0 Å². The van der Waals surface area contributed by atoms with E-state index in [0.29, 0.717) is 17.0 Å². The fourth-order valence-electron chi connectivity index (χ4n) is 1.62. The lowest BCUT2D eigenvalue weighted by Gasteiger charge is -2.38. The highest BCUT2D eigenvalue weighted by molar-refractivity contribution is 6.68. The Bertz CT molecular complexity index is 484. The van der Waals surface area contributed by atoms with Crippen molar-refractivity contribution in [2.45, 2.75) is 20.0 Å². The predicted octanol–water partition coefficient (Wildman–Crippen LogP) is 4.79. The second-order valence-electron chi connectivity index (χ2n) is 3.85. The lowest BCUT2D eigenvalue weighted by Crippen LogP contribution is -2.42. The van der Waals surface area contributed by atoms with E-state index in [-0.39, 0.29) is 0 Å². The molecule has 0 spiro atoms. The molecule has 2 N–H and O–H groups in total. The van der Waals surface area contributed by atoms with Crippen LogP contribution in [0.3, 0.4) is 0 Å². The molecular formula is C10H7Cl6NO2. The topological polar surface area (TPSA) is 44.5 Å². The molecule has 1 aliphatic rings. The Morgan fingerprint density at radius 3 is 2.16 bits per heavy atom. The molecule has 9 heteroatoms. The zero-order valence-electron chi connectivity index (χ0n) is 9.05. The molecule has 2 rings (SSSR count). The molecule has 1 aromatic carbocycles. The van der Waals surface area contributed by atoms with Crippen LogP contribution in [0, 0.1) is 0 Å². The maximum absolute atomic E-state index is 5.89. The molecule has 1 heterocycles. The number of alkyl halides is 6. The first-order valence-corrected chi connectivity index (χ1v) is 7.21. The molecule has 2 atom stereocenters. The van der Waals surface area contributed by atoms with Crippen LogP contribution in [-0.2, 0) is 4.74 Å². The summed E-state index contributed by atoms with van der Waals surface area (Å²) in [5.74, 6) is 0.383. The summed E-state index contributed by atoms with van der Waals surface area (Å²) in [5, 5.41) is 0. The van der Waals surface area contributed by atoms with Crippen molar-refractivity contribution in [2.24, 2.45) is 0 Å². The number of nitrogen functional groups attached to an aromatic ring is 1. The van der Waals surface area contributed by atoms with Crippen LogP contribution in [0.15, 0.2) is 18.2 Å². The molecule has 1 aliphatic heterocycles. The van der Waals surface area contributed by atoms with Crippen LogP contribution in [0.2, 0.25) is 0 Å². The van der Waals surface area contributed by atoms with Crippen molar-refractivity contribution in [1.82, 2.24) is 0 Å². The largest absolute Gasteiger partial charge is 0.460 e. The quantitative estimate of drug-likeness (QED) is 0.516. The molecule has 19 heavy (non-hydrogen) atoms. The summed E-state index contributed by atoms with van der Waals surface area (Å²) in [4.78, 5) is 0. The molecule has 0 saturated carbocycles. The van der Waals surface area contributed by atoms with E-state index in [9.17, 15) is 0 Å². The Morgan fingerprint density at radius 1 is 1.00 bits per heavy atom. The summed E-state index contributed by atoms with van der Waals surface area (Å²) in [7, 11) is 0. The molecule has 0 aromatic heterocycles. The summed E-state index contributed by atoms with van der Waals surface area (Å²) in [6, 6.07) is 4.80. The van der Waals surface area contributed by atoms with Crippen LogP contribution in [-0.4, -0.2) is 13.9 Å². The smallest absolute Gasteiger partial charge is 0.252 e. The molecular weight excluding hydrogens is 379 g/mol. The molecule has 3 nitrogen and oxygen atoms in total. The Kier molecular flexibility index (Phi) is 4.50. The monoisotopic (exact) mass is 383 g/mol. The van der Waals surface area contributed by atoms with Crippen molar-refractivity contribution in [2.75, 3.05) is 5.73 Å². The highest BCUT2D eigenvalue weighted by Crippen LogP contribution is 2.51. The number of nitrogens with two attached hydrogens (primary N) is 1. The molecule has 106 valence electrons. The number of anilines is 1. The van der Waals surface area contributed by atoms with E-state index >= 15 is 0 Å². The molecule has 1 aromatic rings. The standard InChI is InChI=1S/C10H7Cl6NO2/c11-9(12,13)7-5-3-4(17)1-2-6(5)18-8(19-7)10(14,15)16/h1-3,7-8H,17H2/t7-,8-/m0/s1. The van der Waals surface area contributed by atoms with Crippen LogP contribution in [0.25, 0.3) is 0 Å². The minimum Gasteiger partial charge on any atom is -0.460 e. The van der Waals surface area contributed by atoms with Crippen molar-refractivity contribution in [3.63, 3.8) is 0 Å². The summed E-state index contributed by atoms with van der Waals surface area (Å²) >= 11 is 34.9. The maximum atomic E-state index is 5.89. The van der Waals surface area contributed by atoms with Gasteiger partial charge in [0.05, 0.1) is 0 Å². The van der Waals surface area contributed by atoms with Gasteiger partial charge in [-0.1, -0.05) is 69.6 Å². The third-order valence-electron chi connectivity index (χ3n) is 2.37. The van der Waals surface area contributed by atoms with Gasteiger partial charge in [-0.3, -0.25) is 0 Å². The van der Waals surface area contributed by atoms with E-state index in [4.69, 9.17) is 84.8 Å². The Morgan fingerprint density at radius 2 is 1.63 bits per heavy atom. The average Bonchev–Trinajstić information content (AvgIpc) is 2.24. The van der Waals surface area contributed by atoms with E-state index < -0.39 is 20.0 Å². The minimum atomic E-state index is -1.83. The minimum absolute atomic E-state index is 0.383. The third-order valence-corrected chi connectivity index (χ3v) is 3.50. The van der Waals surface area contributed by atoms with Crippen molar-refractivity contribution < 1.29 is 9.47 Å². The molecule has 0 bridgehead atoms. The molecule has 0 aliphatic carbocycles. The zero-order valence-corrected chi connectivity index (χ0v) is 13.6. The van der Waals surface area contributed by atoms with Gasteiger partial charge in [0.25, 0.3) is 3.79 Å². The third kappa shape index (κ3) is 3.59. The SMILES string of the molecule is Nc1ccc2c(c1)[C@@H](C(Cl)(Cl)Cl)O[C@@H](C(Cl)(Cl)Cl)O2. The second-order valence-corrected chi connectivity index (χ2v) is 8.58. The Balaban J connectivity index is 2.47. The molecule has 0 saturated heterocycles. The van der Waals surface area contributed by atoms with Gasteiger partial charge < -0.3 is 15.2 Å². The van der Waals surface area contributed by atoms with E-state index in [0.717, 1.165) is 0 Å². The fraction of sp³-hybridized carbons (Fsp3) is 0.400. The van der Waals surface area contributed by atoms with E-state index in [2.05, 4.69) is 0 Å². The first-order valence-electron chi connectivity index (χ1n) is 4.94. The first kappa shape index (κ1) is 15.9. The van der Waals surface area contributed by atoms with Crippen LogP contribution in [0.5, 0.6) is 5.75 Å². The average molecular weight is 386 g/mol. The molecule has 0 fully saturated rings. The summed E-state index contributed by atoms with van der Waals surface area (Å²) in [5.41, 5.74) is 6.64. The van der Waals surface area contributed by atoms with Crippen molar-refractivity contribution in [1.29, 1.82) is 0 Å². The van der Waals surface area contributed by atoms with Gasteiger partial charge in [0.15, 0.2) is 0 Å². The van der Waals surface area contributed by atoms with Gasteiger partial charge in [0.2, 0.25) is 10.1 Å². The number of rotatable bonds is 0. The fourth-order valence-corrected chi connectivity index (χ4v) is 2.41. The van der Waals surface area contributed by atoms with Gasteiger partial charge in [0, 0.05) is 11.3 Å². The molecule has 0 unspecified atom stereocenters. The number of benzene rings is 1. The molecule has 0 amide bonds. The Labute approximate surface area is 139 Å².